The molecule has 0 radical (unpaired) electrons. The van der Waals surface area contributed by atoms with Crippen molar-refractivity contribution in [2.45, 2.75) is 50.4 Å². The lowest BCUT2D eigenvalue weighted by atomic mass is 9.86. The van der Waals surface area contributed by atoms with Crippen LogP contribution in [-0.2, 0) is 20.0 Å². The summed E-state index contributed by atoms with van der Waals surface area (Å²) in [5.41, 5.74) is 0.376. The van der Waals surface area contributed by atoms with E-state index in [0.717, 1.165) is 31.2 Å². The molecule has 180 valence electrons. The van der Waals surface area contributed by atoms with E-state index < -0.39 is 27.1 Å². The fourth-order valence-electron chi connectivity index (χ4n) is 4.31. The number of sulfone groups is 1. The van der Waals surface area contributed by atoms with E-state index in [4.69, 9.17) is 4.74 Å². The van der Waals surface area contributed by atoms with Gasteiger partial charge in [-0.15, -0.1) is 0 Å². The molecule has 0 unspecified atom stereocenters. The zero-order valence-electron chi connectivity index (χ0n) is 18.7. The Kier molecular flexibility index (Phi) is 7.07. The summed E-state index contributed by atoms with van der Waals surface area (Å²) in [6.45, 7) is 1.20. The molecule has 1 N–H and O–H groups in total. The Labute approximate surface area is 194 Å². The zero-order valence-corrected chi connectivity index (χ0v) is 19.5. The Balaban J connectivity index is 1.28. The van der Waals surface area contributed by atoms with Crippen molar-refractivity contribution in [2.24, 2.45) is 5.92 Å². The number of ether oxygens (including phenoxy) is 1. The highest BCUT2D eigenvalue weighted by molar-refractivity contribution is 7.91. The third-order valence-electron chi connectivity index (χ3n) is 6.82. The van der Waals surface area contributed by atoms with Gasteiger partial charge in [0.05, 0.1) is 18.1 Å². The molecule has 9 heteroatoms. The van der Waals surface area contributed by atoms with Gasteiger partial charge < -0.3 is 9.64 Å². The second-order valence-electron chi connectivity index (χ2n) is 9.43. The fourth-order valence-corrected chi connectivity index (χ4v) is 6.25. The number of urea groups is 1. The predicted octanol–water partition coefficient (Wildman–Crippen LogP) is 3.34. The normalized spacial score (nSPS) is 20.6. The Hall–Kier alpha value is -2.42. The van der Waals surface area contributed by atoms with Crippen molar-refractivity contribution in [2.75, 3.05) is 31.2 Å². The average molecular weight is 479 g/mol. The Morgan fingerprint density at radius 2 is 2.00 bits per heavy atom. The van der Waals surface area contributed by atoms with Gasteiger partial charge in [0.15, 0.2) is 21.4 Å². The second kappa shape index (κ2) is 9.83. The largest absolute Gasteiger partial charge is 0.490 e. The Morgan fingerprint density at radius 1 is 1.21 bits per heavy atom. The molecule has 3 fully saturated rings. The van der Waals surface area contributed by atoms with Gasteiger partial charge in [0.1, 0.15) is 0 Å². The van der Waals surface area contributed by atoms with Crippen molar-refractivity contribution >= 4 is 21.8 Å². The van der Waals surface area contributed by atoms with E-state index in [2.05, 4.69) is 5.32 Å². The summed E-state index contributed by atoms with van der Waals surface area (Å²) in [6.07, 6.45) is 9.08. The van der Waals surface area contributed by atoms with Crippen molar-refractivity contribution in [3.63, 3.8) is 0 Å². The molecule has 7 nitrogen and oxygen atoms in total. The summed E-state index contributed by atoms with van der Waals surface area (Å²) in [7, 11) is -3.32. The summed E-state index contributed by atoms with van der Waals surface area (Å²) in [5, 5.41) is 2.26. The first kappa shape index (κ1) is 23.7. The maximum atomic E-state index is 14.2. The van der Waals surface area contributed by atoms with E-state index in [-0.39, 0.29) is 29.6 Å². The van der Waals surface area contributed by atoms with Crippen molar-refractivity contribution in [3.8, 4) is 5.75 Å². The number of hydrogen-bond donors (Lipinski definition) is 1. The SMILES string of the molecule is O=C1CCN(C/C=C/CCS(=O)(=O)CC2(c3ccc(F)c(OCC4CCC4)c3)CC2)C(=O)N1. The molecule has 1 saturated heterocycles. The number of imide groups is 1. The van der Waals surface area contributed by atoms with E-state index in [9.17, 15) is 22.4 Å². The van der Waals surface area contributed by atoms with Gasteiger partial charge in [-0.25, -0.2) is 17.6 Å². The highest BCUT2D eigenvalue weighted by Crippen LogP contribution is 2.50. The minimum atomic E-state index is -3.32. The smallest absolute Gasteiger partial charge is 0.324 e. The molecule has 2 saturated carbocycles. The van der Waals surface area contributed by atoms with Crippen LogP contribution in [0.2, 0.25) is 0 Å². The number of nitrogens with zero attached hydrogens (tertiary/aromatic N) is 1. The van der Waals surface area contributed by atoms with Gasteiger partial charge in [-0.3, -0.25) is 10.1 Å². The maximum Gasteiger partial charge on any atom is 0.324 e. The van der Waals surface area contributed by atoms with Crippen LogP contribution < -0.4 is 10.1 Å². The Morgan fingerprint density at radius 3 is 2.67 bits per heavy atom. The first-order valence-corrected chi connectivity index (χ1v) is 13.5. The van der Waals surface area contributed by atoms with Crippen LogP contribution in [0.4, 0.5) is 9.18 Å². The van der Waals surface area contributed by atoms with Crippen molar-refractivity contribution < 1.29 is 27.1 Å². The number of halogens is 1. The summed E-state index contributed by atoms with van der Waals surface area (Å²) >= 11 is 0. The standard InChI is InChI=1S/C24H31FN2O5S/c25-20-8-7-19(15-21(20)32-16-18-5-4-6-18)24(10-11-24)17-33(30,31)14-3-1-2-12-27-13-9-22(28)26-23(27)29/h1-2,7-8,15,18H,3-6,9-14,16-17H2,(H,26,28,29)/b2-1+. The van der Waals surface area contributed by atoms with E-state index >= 15 is 0 Å². The van der Waals surface area contributed by atoms with E-state index in [1.165, 1.54) is 17.4 Å². The van der Waals surface area contributed by atoms with E-state index in [1.54, 1.807) is 24.3 Å². The minimum absolute atomic E-state index is 0.0160. The molecular formula is C24H31FN2O5S. The lowest BCUT2D eigenvalue weighted by Gasteiger charge is -2.25. The maximum absolute atomic E-state index is 14.2. The first-order valence-electron chi connectivity index (χ1n) is 11.6. The monoisotopic (exact) mass is 478 g/mol. The van der Waals surface area contributed by atoms with Crippen LogP contribution in [0.1, 0.15) is 50.5 Å². The molecule has 1 aliphatic heterocycles. The van der Waals surface area contributed by atoms with Crippen LogP contribution in [0.5, 0.6) is 5.75 Å². The lowest BCUT2D eigenvalue weighted by Crippen LogP contribution is -2.49. The number of nitrogens with one attached hydrogen (secondary N) is 1. The van der Waals surface area contributed by atoms with Gasteiger partial charge >= 0.3 is 6.03 Å². The summed E-state index contributed by atoms with van der Waals surface area (Å²) in [6, 6.07) is 4.33. The zero-order chi connectivity index (χ0) is 23.5. The summed E-state index contributed by atoms with van der Waals surface area (Å²) in [5.74, 6) is 0.0742. The number of carbonyl (C=O) groups excluding carboxylic acids is 2. The van der Waals surface area contributed by atoms with Gasteiger partial charge in [0.25, 0.3) is 0 Å². The van der Waals surface area contributed by atoms with Gasteiger partial charge in [-0.2, -0.15) is 0 Å². The topological polar surface area (TPSA) is 92.8 Å². The van der Waals surface area contributed by atoms with Crippen molar-refractivity contribution in [1.82, 2.24) is 10.2 Å². The lowest BCUT2D eigenvalue weighted by molar-refractivity contribution is -0.121. The molecule has 0 bridgehead atoms. The highest BCUT2D eigenvalue weighted by atomic mass is 32.2. The summed E-state index contributed by atoms with van der Waals surface area (Å²) in [4.78, 5) is 24.4. The van der Waals surface area contributed by atoms with Crippen molar-refractivity contribution in [1.29, 1.82) is 0 Å². The van der Waals surface area contributed by atoms with E-state index in [0.29, 0.717) is 32.0 Å². The first-order chi connectivity index (χ1) is 15.8. The van der Waals surface area contributed by atoms with Gasteiger partial charge in [0.2, 0.25) is 5.91 Å². The van der Waals surface area contributed by atoms with Gasteiger partial charge in [-0.1, -0.05) is 24.6 Å². The number of amides is 3. The molecule has 2 aliphatic carbocycles. The van der Waals surface area contributed by atoms with Crippen LogP contribution in [0.15, 0.2) is 30.4 Å². The third-order valence-corrected chi connectivity index (χ3v) is 8.67. The Bertz CT molecular complexity index is 1030. The molecule has 0 spiro atoms. The molecule has 4 rings (SSSR count). The van der Waals surface area contributed by atoms with Crippen LogP contribution >= 0.6 is 0 Å². The van der Waals surface area contributed by atoms with E-state index in [1.807, 2.05) is 0 Å². The molecule has 3 amide bonds. The van der Waals surface area contributed by atoms with Crippen LogP contribution in [-0.4, -0.2) is 56.5 Å². The average Bonchev–Trinajstić information content (AvgIpc) is 3.49. The predicted molar refractivity (Wildman–Crippen MR) is 122 cm³/mol. The van der Waals surface area contributed by atoms with Gasteiger partial charge in [0, 0.05) is 24.9 Å². The molecule has 3 aliphatic rings. The quantitative estimate of drug-likeness (QED) is 0.493. The van der Waals surface area contributed by atoms with Crippen LogP contribution in [0, 0.1) is 11.7 Å². The highest BCUT2D eigenvalue weighted by Gasteiger charge is 2.47. The van der Waals surface area contributed by atoms with Gasteiger partial charge in [-0.05, 0) is 55.7 Å². The number of allylic oxidation sites excluding steroid dienone is 1. The van der Waals surface area contributed by atoms with Crippen molar-refractivity contribution in [3.05, 3.63) is 41.7 Å². The molecule has 1 heterocycles. The molecule has 1 aromatic rings. The molecular weight excluding hydrogens is 447 g/mol. The number of hydrogen-bond acceptors (Lipinski definition) is 5. The molecule has 33 heavy (non-hydrogen) atoms. The number of rotatable bonds is 11. The number of carbonyl (C=O) groups is 2. The third kappa shape index (κ3) is 6.13. The molecule has 0 aromatic heterocycles. The molecule has 1 aromatic carbocycles. The fraction of sp³-hybridized carbons (Fsp3) is 0.583. The molecule has 0 atom stereocenters. The van der Waals surface area contributed by atoms with Crippen LogP contribution in [0.3, 0.4) is 0 Å². The second-order valence-corrected chi connectivity index (χ2v) is 11.6. The van der Waals surface area contributed by atoms with Crippen LogP contribution in [0.25, 0.3) is 0 Å². The number of benzene rings is 1. The minimum Gasteiger partial charge on any atom is -0.490 e. The summed E-state index contributed by atoms with van der Waals surface area (Å²) < 4.78 is 45.5.